The minimum Gasteiger partial charge on any atom is -0.378 e. The molecule has 0 unspecified atom stereocenters. The first-order valence-corrected chi connectivity index (χ1v) is 5.67. The highest BCUT2D eigenvalue weighted by molar-refractivity contribution is 5.12. The van der Waals surface area contributed by atoms with Gasteiger partial charge in [0, 0.05) is 26.2 Å². The number of nitrogens with zero attached hydrogens (tertiary/aromatic N) is 2. The molecule has 0 aromatic heterocycles. The Morgan fingerprint density at radius 3 is 2.40 bits per heavy atom. The monoisotopic (exact) mass is 210 g/mol. The SMILES string of the molecule is CC[C@](C)(O)C#CCN1CCN(C)CC1. The van der Waals surface area contributed by atoms with Crippen LogP contribution in [0.5, 0.6) is 0 Å². The highest BCUT2D eigenvalue weighted by Gasteiger charge is 2.14. The van der Waals surface area contributed by atoms with Crippen LogP contribution in [0.25, 0.3) is 0 Å². The Morgan fingerprint density at radius 1 is 1.27 bits per heavy atom. The van der Waals surface area contributed by atoms with Crippen LogP contribution in [-0.4, -0.2) is 60.3 Å². The molecule has 1 heterocycles. The van der Waals surface area contributed by atoms with Crippen molar-refractivity contribution in [1.82, 2.24) is 9.80 Å². The Kier molecular flexibility index (Phi) is 4.59. The highest BCUT2D eigenvalue weighted by atomic mass is 16.3. The number of rotatable bonds is 2. The molecule has 1 N–H and O–H groups in total. The van der Waals surface area contributed by atoms with E-state index < -0.39 is 5.60 Å². The molecule has 1 aliphatic rings. The predicted octanol–water partition coefficient (Wildman–Crippen LogP) is 0.398. The lowest BCUT2D eigenvalue weighted by atomic mass is 10.1. The van der Waals surface area contributed by atoms with E-state index in [-0.39, 0.29) is 0 Å². The molecule has 3 nitrogen and oxygen atoms in total. The Hall–Kier alpha value is -0.560. The molecule has 86 valence electrons. The van der Waals surface area contributed by atoms with Crippen molar-refractivity contribution in [3.8, 4) is 11.8 Å². The van der Waals surface area contributed by atoms with Crippen molar-refractivity contribution in [2.75, 3.05) is 39.8 Å². The largest absolute Gasteiger partial charge is 0.378 e. The molecule has 0 saturated carbocycles. The fraction of sp³-hybridized carbons (Fsp3) is 0.833. The summed E-state index contributed by atoms with van der Waals surface area (Å²) in [6, 6.07) is 0. The van der Waals surface area contributed by atoms with E-state index in [1.165, 1.54) is 0 Å². The van der Waals surface area contributed by atoms with Gasteiger partial charge in [0.25, 0.3) is 0 Å². The van der Waals surface area contributed by atoms with Gasteiger partial charge in [-0.25, -0.2) is 0 Å². The number of hydrogen-bond acceptors (Lipinski definition) is 3. The van der Waals surface area contributed by atoms with Crippen LogP contribution in [0.2, 0.25) is 0 Å². The van der Waals surface area contributed by atoms with Crippen molar-refractivity contribution in [2.45, 2.75) is 25.9 Å². The fourth-order valence-corrected chi connectivity index (χ4v) is 1.44. The number of hydrogen-bond donors (Lipinski definition) is 1. The summed E-state index contributed by atoms with van der Waals surface area (Å²) < 4.78 is 0. The summed E-state index contributed by atoms with van der Waals surface area (Å²) >= 11 is 0. The summed E-state index contributed by atoms with van der Waals surface area (Å²) in [5, 5.41) is 9.69. The Bertz CT molecular complexity index is 244. The first-order chi connectivity index (χ1) is 7.03. The zero-order chi connectivity index (χ0) is 11.3. The predicted molar refractivity (Wildman–Crippen MR) is 62.6 cm³/mol. The fourth-order valence-electron chi connectivity index (χ4n) is 1.44. The van der Waals surface area contributed by atoms with Crippen LogP contribution in [0.15, 0.2) is 0 Å². The lowest BCUT2D eigenvalue weighted by molar-refractivity contribution is 0.117. The molecule has 1 saturated heterocycles. The van der Waals surface area contributed by atoms with Gasteiger partial charge < -0.3 is 10.0 Å². The zero-order valence-corrected chi connectivity index (χ0v) is 10.1. The standard InChI is InChI=1S/C12H22N2O/c1-4-12(2,15)6-5-7-14-10-8-13(3)9-11-14/h15H,4,7-11H2,1-3H3/t12-/m0/s1. The first-order valence-electron chi connectivity index (χ1n) is 5.67. The van der Waals surface area contributed by atoms with E-state index in [0.717, 1.165) is 32.7 Å². The van der Waals surface area contributed by atoms with Gasteiger partial charge >= 0.3 is 0 Å². The maximum Gasteiger partial charge on any atom is 0.122 e. The van der Waals surface area contributed by atoms with Crippen molar-refractivity contribution >= 4 is 0 Å². The van der Waals surface area contributed by atoms with Crippen LogP contribution in [-0.2, 0) is 0 Å². The van der Waals surface area contributed by atoms with Crippen LogP contribution in [0.4, 0.5) is 0 Å². The van der Waals surface area contributed by atoms with Gasteiger partial charge in [-0.2, -0.15) is 0 Å². The second-order valence-electron chi connectivity index (χ2n) is 4.51. The Balaban J connectivity index is 2.31. The van der Waals surface area contributed by atoms with E-state index in [1.807, 2.05) is 6.92 Å². The van der Waals surface area contributed by atoms with E-state index in [4.69, 9.17) is 0 Å². The molecule has 3 heteroatoms. The summed E-state index contributed by atoms with van der Waals surface area (Å²) in [6.45, 7) is 8.90. The maximum absolute atomic E-state index is 9.69. The topological polar surface area (TPSA) is 26.7 Å². The molecule has 1 fully saturated rings. The molecule has 0 aromatic carbocycles. The molecule has 1 rings (SSSR count). The molecule has 0 bridgehead atoms. The van der Waals surface area contributed by atoms with Crippen molar-refractivity contribution in [2.24, 2.45) is 0 Å². The van der Waals surface area contributed by atoms with Crippen molar-refractivity contribution in [3.63, 3.8) is 0 Å². The van der Waals surface area contributed by atoms with Gasteiger partial charge in [-0.1, -0.05) is 18.8 Å². The molecule has 0 aliphatic carbocycles. The average Bonchev–Trinajstić information content (AvgIpc) is 2.21. The molecule has 0 radical (unpaired) electrons. The van der Waals surface area contributed by atoms with Crippen molar-refractivity contribution in [3.05, 3.63) is 0 Å². The minimum atomic E-state index is -0.813. The quantitative estimate of drug-likeness (QED) is 0.668. The van der Waals surface area contributed by atoms with Crippen molar-refractivity contribution in [1.29, 1.82) is 0 Å². The van der Waals surface area contributed by atoms with E-state index in [2.05, 4.69) is 28.7 Å². The molecule has 0 amide bonds. The number of aliphatic hydroxyl groups is 1. The molecule has 0 aromatic rings. The second-order valence-corrected chi connectivity index (χ2v) is 4.51. The molecular weight excluding hydrogens is 188 g/mol. The van der Waals surface area contributed by atoms with Gasteiger partial charge in [0.2, 0.25) is 0 Å². The molecule has 1 aliphatic heterocycles. The van der Waals surface area contributed by atoms with E-state index >= 15 is 0 Å². The van der Waals surface area contributed by atoms with E-state index in [0.29, 0.717) is 6.42 Å². The van der Waals surface area contributed by atoms with Gasteiger partial charge in [-0.3, -0.25) is 4.90 Å². The summed E-state index contributed by atoms with van der Waals surface area (Å²) in [6.07, 6.45) is 0.683. The molecule has 1 atom stereocenters. The number of piperazine rings is 1. The summed E-state index contributed by atoms with van der Waals surface area (Å²) in [5.41, 5.74) is -0.813. The average molecular weight is 210 g/mol. The highest BCUT2D eigenvalue weighted by Crippen LogP contribution is 2.05. The van der Waals surface area contributed by atoms with Gasteiger partial charge in [-0.15, -0.1) is 0 Å². The van der Waals surface area contributed by atoms with Gasteiger partial charge in [0.05, 0.1) is 6.54 Å². The third-order valence-corrected chi connectivity index (χ3v) is 2.94. The summed E-state index contributed by atoms with van der Waals surface area (Å²) in [4.78, 5) is 4.66. The molecular formula is C12H22N2O. The lowest BCUT2D eigenvalue weighted by Gasteiger charge is -2.30. The van der Waals surface area contributed by atoms with Gasteiger partial charge in [0.1, 0.15) is 5.60 Å². The van der Waals surface area contributed by atoms with Crippen LogP contribution < -0.4 is 0 Å². The smallest absolute Gasteiger partial charge is 0.122 e. The van der Waals surface area contributed by atoms with E-state index in [9.17, 15) is 5.11 Å². The number of likely N-dealkylation sites (N-methyl/N-ethyl adjacent to an activating group) is 1. The molecule has 0 spiro atoms. The summed E-state index contributed by atoms with van der Waals surface area (Å²) in [5.74, 6) is 5.99. The van der Waals surface area contributed by atoms with Crippen molar-refractivity contribution < 1.29 is 5.11 Å². The Morgan fingerprint density at radius 2 is 1.87 bits per heavy atom. The molecule has 15 heavy (non-hydrogen) atoms. The Labute approximate surface area is 93.1 Å². The van der Waals surface area contributed by atoms with E-state index in [1.54, 1.807) is 6.92 Å². The van der Waals surface area contributed by atoms with Gasteiger partial charge in [-0.05, 0) is 20.4 Å². The minimum absolute atomic E-state index is 0.683. The normalized spacial score (nSPS) is 22.9. The second kappa shape index (κ2) is 5.50. The zero-order valence-electron chi connectivity index (χ0n) is 10.1. The third-order valence-electron chi connectivity index (χ3n) is 2.94. The maximum atomic E-state index is 9.69. The lowest BCUT2D eigenvalue weighted by Crippen LogP contribution is -2.44. The van der Waals surface area contributed by atoms with Crippen LogP contribution >= 0.6 is 0 Å². The van der Waals surface area contributed by atoms with Crippen LogP contribution in [0, 0.1) is 11.8 Å². The van der Waals surface area contributed by atoms with Crippen LogP contribution in [0.1, 0.15) is 20.3 Å². The summed E-state index contributed by atoms with van der Waals surface area (Å²) in [7, 11) is 2.14. The van der Waals surface area contributed by atoms with Gasteiger partial charge in [0.15, 0.2) is 0 Å². The third kappa shape index (κ3) is 4.65. The first kappa shape index (κ1) is 12.5. The van der Waals surface area contributed by atoms with Crippen LogP contribution in [0.3, 0.4) is 0 Å².